The molecule has 0 saturated carbocycles. The molecule has 0 fully saturated rings. The van der Waals surface area contributed by atoms with Crippen molar-refractivity contribution in [1.82, 2.24) is 24.4 Å². The summed E-state index contributed by atoms with van der Waals surface area (Å²) in [5.74, 6) is 0.727. The number of fused-ring (bicyclic) bond motifs is 1. The van der Waals surface area contributed by atoms with E-state index in [4.69, 9.17) is 0 Å². The van der Waals surface area contributed by atoms with Gasteiger partial charge in [0.1, 0.15) is 5.82 Å². The summed E-state index contributed by atoms with van der Waals surface area (Å²) in [7, 11) is 3.59. The largest absolute Gasteiger partial charge is 0.330 e. The van der Waals surface area contributed by atoms with E-state index >= 15 is 0 Å². The highest BCUT2D eigenvalue weighted by atomic mass is 16.2. The lowest BCUT2D eigenvalue weighted by Gasteiger charge is -2.12. The molecule has 104 valence electrons. The minimum Gasteiger partial charge on any atom is -0.324 e. The summed E-state index contributed by atoms with van der Waals surface area (Å²) in [6.07, 6.45) is 0.791. The van der Waals surface area contributed by atoms with Crippen molar-refractivity contribution in [2.75, 3.05) is 7.05 Å². The summed E-state index contributed by atoms with van der Waals surface area (Å²) in [6.45, 7) is 4.47. The molecule has 1 unspecified atom stereocenters. The third kappa shape index (κ3) is 2.10. The van der Waals surface area contributed by atoms with Gasteiger partial charge in [-0.2, -0.15) is 0 Å². The number of aryl methyl sites for hydroxylation is 1. The first kappa shape index (κ1) is 13.5. The van der Waals surface area contributed by atoms with Gasteiger partial charge in [0.25, 0.3) is 5.56 Å². The van der Waals surface area contributed by atoms with Crippen molar-refractivity contribution in [3.8, 4) is 0 Å². The standard InChI is InChI=1S/C12H19N5O2/c1-5-7(2)17-10-9(11(18)15-12(17)19)16(4)8(14-10)6-13-3/h7,13H,5-6H2,1-4H3,(H,15,18,19). The number of nitrogens with one attached hydrogen (secondary N) is 2. The summed E-state index contributed by atoms with van der Waals surface area (Å²) < 4.78 is 3.28. The maximum absolute atomic E-state index is 12.0. The summed E-state index contributed by atoms with van der Waals surface area (Å²) >= 11 is 0. The maximum atomic E-state index is 12.0. The molecular formula is C12H19N5O2. The van der Waals surface area contributed by atoms with E-state index in [1.54, 1.807) is 16.2 Å². The number of hydrogen-bond donors (Lipinski definition) is 2. The molecule has 0 aliphatic heterocycles. The van der Waals surface area contributed by atoms with Crippen LogP contribution in [0.15, 0.2) is 9.59 Å². The molecule has 0 aliphatic rings. The third-order valence-electron chi connectivity index (χ3n) is 3.42. The molecule has 2 aromatic rings. The molecule has 2 N–H and O–H groups in total. The minimum absolute atomic E-state index is 0.0100. The van der Waals surface area contributed by atoms with Gasteiger partial charge >= 0.3 is 5.69 Å². The predicted molar refractivity (Wildman–Crippen MR) is 73.4 cm³/mol. The van der Waals surface area contributed by atoms with Crippen molar-refractivity contribution in [3.05, 3.63) is 26.7 Å². The van der Waals surface area contributed by atoms with Crippen LogP contribution >= 0.6 is 0 Å². The van der Waals surface area contributed by atoms with E-state index in [-0.39, 0.29) is 6.04 Å². The molecule has 1 atom stereocenters. The molecule has 0 amide bonds. The van der Waals surface area contributed by atoms with Crippen LogP contribution in [0.4, 0.5) is 0 Å². The number of nitrogens with zero attached hydrogens (tertiary/aromatic N) is 3. The maximum Gasteiger partial charge on any atom is 0.330 e. The van der Waals surface area contributed by atoms with Crippen molar-refractivity contribution < 1.29 is 0 Å². The molecule has 0 radical (unpaired) electrons. The first-order chi connectivity index (χ1) is 9.01. The second-order valence-electron chi connectivity index (χ2n) is 4.68. The SMILES string of the molecule is CCC(C)n1c(=O)[nH]c(=O)c2c1nc(CNC)n2C. The van der Waals surface area contributed by atoms with Crippen LogP contribution in [0.1, 0.15) is 32.1 Å². The van der Waals surface area contributed by atoms with Crippen LogP contribution in [-0.2, 0) is 13.6 Å². The van der Waals surface area contributed by atoms with Crippen LogP contribution in [0.2, 0.25) is 0 Å². The fraction of sp³-hybridized carbons (Fsp3) is 0.583. The Balaban J connectivity index is 2.86. The summed E-state index contributed by atoms with van der Waals surface area (Å²) in [5.41, 5.74) is 0.0962. The van der Waals surface area contributed by atoms with Gasteiger partial charge in [0.2, 0.25) is 0 Å². The minimum atomic E-state index is -0.402. The highest BCUT2D eigenvalue weighted by Gasteiger charge is 2.18. The van der Waals surface area contributed by atoms with E-state index in [1.165, 1.54) is 0 Å². The second kappa shape index (κ2) is 5.00. The number of H-pyrrole nitrogens is 1. The van der Waals surface area contributed by atoms with Crippen molar-refractivity contribution in [2.45, 2.75) is 32.9 Å². The zero-order valence-corrected chi connectivity index (χ0v) is 11.6. The number of hydrogen-bond acceptors (Lipinski definition) is 4. The van der Waals surface area contributed by atoms with Gasteiger partial charge in [0.05, 0.1) is 6.54 Å². The lowest BCUT2D eigenvalue weighted by Crippen LogP contribution is -2.32. The number of rotatable bonds is 4. The first-order valence-corrected chi connectivity index (χ1v) is 6.36. The topological polar surface area (TPSA) is 84.7 Å². The Morgan fingerprint density at radius 2 is 2.11 bits per heavy atom. The Bertz CT molecular complexity index is 709. The first-order valence-electron chi connectivity index (χ1n) is 6.36. The van der Waals surface area contributed by atoms with Crippen molar-refractivity contribution >= 4 is 11.2 Å². The molecule has 7 heteroatoms. The molecule has 0 spiro atoms. The molecule has 0 aliphatic carbocycles. The van der Waals surface area contributed by atoms with Gasteiger partial charge in [-0.3, -0.25) is 14.3 Å². The molecule has 0 bridgehead atoms. The monoisotopic (exact) mass is 265 g/mol. The molecule has 0 saturated heterocycles. The van der Waals surface area contributed by atoms with Crippen LogP contribution in [0.25, 0.3) is 11.2 Å². The zero-order valence-electron chi connectivity index (χ0n) is 11.6. The van der Waals surface area contributed by atoms with Crippen LogP contribution in [0.5, 0.6) is 0 Å². The fourth-order valence-corrected chi connectivity index (χ4v) is 2.17. The third-order valence-corrected chi connectivity index (χ3v) is 3.42. The summed E-state index contributed by atoms with van der Waals surface area (Å²) in [5, 5.41) is 3.00. The number of imidazole rings is 1. The van der Waals surface area contributed by atoms with E-state index in [1.807, 2.05) is 20.9 Å². The van der Waals surface area contributed by atoms with Gasteiger partial charge in [0.15, 0.2) is 11.2 Å². The Hall–Kier alpha value is -1.89. The lowest BCUT2D eigenvalue weighted by molar-refractivity contribution is 0.517. The van der Waals surface area contributed by atoms with Gasteiger partial charge in [-0.05, 0) is 20.4 Å². The molecule has 7 nitrogen and oxygen atoms in total. The smallest absolute Gasteiger partial charge is 0.324 e. The highest BCUT2D eigenvalue weighted by molar-refractivity contribution is 5.70. The quantitative estimate of drug-likeness (QED) is 0.822. The normalized spacial score (nSPS) is 13.1. The van der Waals surface area contributed by atoms with Crippen LogP contribution in [0.3, 0.4) is 0 Å². The molecule has 2 rings (SSSR count). The molecule has 19 heavy (non-hydrogen) atoms. The second-order valence-corrected chi connectivity index (χ2v) is 4.68. The number of aromatic nitrogens is 4. The van der Waals surface area contributed by atoms with E-state index in [2.05, 4.69) is 15.3 Å². The zero-order chi connectivity index (χ0) is 14.2. The van der Waals surface area contributed by atoms with Crippen LogP contribution in [0, 0.1) is 0 Å². The molecular weight excluding hydrogens is 246 g/mol. The Morgan fingerprint density at radius 1 is 1.42 bits per heavy atom. The van der Waals surface area contributed by atoms with Crippen LogP contribution < -0.4 is 16.6 Å². The average molecular weight is 265 g/mol. The van der Waals surface area contributed by atoms with Gasteiger partial charge in [-0.15, -0.1) is 0 Å². The number of aromatic amines is 1. The average Bonchev–Trinajstić information content (AvgIpc) is 2.67. The summed E-state index contributed by atoms with van der Waals surface area (Å²) in [4.78, 5) is 30.7. The Morgan fingerprint density at radius 3 is 2.68 bits per heavy atom. The highest BCUT2D eigenvalue weighted by Crippen LogP contribution is 2.15. The Kier molecular flexibility index (Phi) is 3.57. The van der Waals surface area contributed by atoms with Gasteiger partial charge < -0.3 is 9.88 Å². The van der Waals surface area contributed by atoms with Gasteiger partial charge in [-0.25, -0.2) is 9.78 Å². The molecule has 2 aromatic heterocycles. The van der Waals surface area contributed by atoms with Crippen molar-refractivity contribution in [3.63, 3.8) is 0 Å². The van der Waals surface area contributed by atoms with Crippen molar-refractivity contribution in [1.29, 1.82) is 0 Å². The Labute approximate surface area is 110 Å². The van der Waals surface area contributed by atoms with Crippen molar-refractivity contribution in [2.24, 2.45) is 7.05 Å². The van der Waals surface area contributed by atoms with E-state index in [0.29, 0.717) is 17.7 Å². The van der Waals surface area contributed by atoms with Gasteiger partial charge in [-0.1, -0.05) is 6.92 Å². The predicted octanol–water partition coefficient (Wildman–Crippen LogP) is 0.114. The summed E-state index contributed by atoms with van der Waals surface area (Å²) in [6, 6.07) is -0.0100. The van der Waals surface area contributed by atoms with E-state index in [9.17, 15) is 9.59 Å². The van der Waals surface area contributed by atoms with E-state index in [0.717, 1.165) is 12.2 Å². The fourth-order valence-electron chi connectivity index (χ4n) is 2.17. The molecule has 0 aromatic carbocycles. The van der Waals surface area contributed by atoms with Crippen LogP contribution in [-0.4, -0.2) is 26.1 Å². The van der Waals surface area contributed by atoms with Gasteiger partial charge in [0, 0.05) is 13.1 Å². The van der Waals surface area contributed by atoms with E-state index < -0.39 is 11.2 Å². The molecule has 2 heterocycles. The lowest BCUT2D eigenvalue weighted by atomic mass is 10.2.